The molecular weight excluding hydrogens is 360 g/mol. The van der Waals surface area contributed by atoms with Crippen molar-refractivity contribution in [2.45, 2.75) is 45.1 Å². The van der Waals surface area contributed by atoms with Gasteiger partial charge in [0.1, 0.15) is 6.61 Å². The highest BCUT2D eigenvalue weighted by Gasteiger charge is 2.20. The molecule has 1 amide bonds. The van der Waals surface area contributed by atoms with Crippen LogP contribution in [0.1, 0.15) is 36.5 Å². The van der Waals surface area contributed by atoms with Crippen molar-refractivity contribution >= 4 is 5.91 Å². The van der Waals surface area contributed by atoms with Gasteiger partial charge in [0.25, 0.3) is 0 Å². The maximum absolute atomic E-state index is 11.8. The molecule has 1 fully saturated rings. The maximum atomic E-state index is 11.8. The van der Waals surface area contributed by atoms with Crippen molar-refractivity contribution in [3.8, 4) is 11.1 Å². The smallest absolute Gasteiger partial charge is 0.248 e. The lowest BCUT2D eigenvalue weighted by Gasteiger charge is -2.20. The first-order chi connectivity index (χ1) is 14.1. The molecular formula is C25H32N2O2. The lowest BCUT2D eigenvalue weighted by molar-refractivity contribution is -0.134. The van der Waals surface area contributed by atoms with E-state index in [1.54, 1.807) is 4.90 Å². The van der Waals surface area contributed by atoms with Crippen molar-refractivity contribution in [3.63, 3.8) is 0 Å². The normalized spacial score (nSPS) is 19.8. The molecule has 4 rings (SSSR count). The standard InChI is InChI=1S/C25H32N2O2/c1-19-3-2-13-26(19)14-10-20-4-6-21(7-5-20)23-9-8-22-11-15-27(25(29)18-28)16-12-24(22)17-23/h4-9,17,19,28H,2-3,10-16,18H2,1H3. The van der Waals surface area contributed by atoms with Gasteiger partial charge in [-0.2, -0.15) is 0 Å². The summed E-state index contributed by atoms with van der Waals surface area (Å²) in [6, 6.07) is 16.4. The largest absolute Gasteiger partial charge is 0.387 e. The zero-order valence-corrected chi connectivity index (χ0v) is 17.4. The average Bonchev–Trinajstić information content (AvgIpc) is 3.04. The number of nitrogens with zero attached hydrogens (tertiary/aromatic N) is 2. The fraction of sp³-hybridized carbons (Fsp3) is 0.480. The van der Waals surface area contributed by atoms with Gasteiger partial charge in [-0.1, -0.05) is 42.5 Å². The van der Waals surface area contributed by atoms with Crippen LogP contribution in [0.3, 0.4) is 0 Å². The Morgan fingerprint density at radius 2 is 1.72 bits per heavy atom. The Bertz CT molecular complexity index is 846. The maximum Gasteiger partial charge on any atom is 0.248 e. The van der Waals surface area contributed by atoms with Crippen molar-refractivity contribution in [1.82, 2.24) is 9.80 Å². The minimum atomic E-state index is -0.398. The second-order valence-electron chi connectivity index (χ2n) is 8.50. The molecule has 1 saturated heterocycles. The van der Waals surface area contributed by atoms with Crippen LogP contribution in [0.5, 0.6) is 0 Å². The van der Waals surface area contributed by atoms with E-state index in [1.165, 1.54) is 47.2 Å². The summed E-state index contributed by atoms with van der Waals surface area (Å²) < 4.78 is 0. The molecule has 0 radical (unpaired) electrons. The first-order valence-electron chi connectivity index (χ1n) is 11.0. The van der Waals surface area contributed by atoms with E-state index in [9.17, 15) is 4.79 Å². The molecule has 0 aromatic heterocycles. The third kappa shape index (κ3) is 4.71. The summed E-state index contributed by atoms with van der Waals surface area (Å²) in [5, 5.41) is 9.13. The lowest BCUT2D eigenvalue weighted by Crippen LogP contribution is -2.35. The van der Waals surface area contributed by atoms with Gasteiger partial charge >= 0.3 is 0 Å². The van der Waals surface area contributed by atoms with Gasteiger partial charge in [-0.25, -0.2) is 0 Å². The van der Waals surface area contributed by atoms with E-state index in [0.717, 1.165) is 31.8 Å². The second-order valence-corrected chi connectivity index (χ2v) is 8.50. The summed E-state index contributed by atoms with van der Waals surface area (Å²) in [6.07, 6.45) is 5.49. The van der Waals surface area contributed by atoms with Crippen molar-refractivity contribution in [3.05, 3.63) is 59.2 Å². The lowest BCUT2D eigenvalue weighted by atomic mass is 9.96. The number of aliphatic hydroxyl groups excluding tert-OH is 1. The molecule has 2 heterocycles. The number of rotatable bonds is 5. The number of aliphatic hydroxyl groups is 1. The molecule has 0 aliphatic carbocycles. The molecule has 29 heavy (non-hydrogen) atoms. The number of fused-ring (bicyclic) bond motifs is 1. The average molecular weight is 393 g/mol. The summed E-state index contributed by atoms with van der Waals surface area (Å²) in [4.78, 5) is 16.2. The van der Waals surface area contributed by atoms with E-state index in [-0.39, 0.29) is 5.91 Å². The summed E-state index contributed by atoms with van der Waals surface area (Å²) in [5.74, 6) is -0.169. The van der Waals surface area contributed by atoms with Crippen LogP contribution in [0.4, 0.5) is 0 Å². The van der Waals surface area contributed by atoms with Crippen LogP contribution >= 0.6 is 0 Å². The summed E-state index contributed by atoms with van der Waals surface area (Å²) in [7, 11) is 0. The van der Waals surface area contributed by atoms with Crippen LogP contribution in [0.25, 0.3) is 11.1 Å². The Kier molecular flexibility index (Phi) is 6.31. The van der Waals surface area contributed by atoms with E-state index in [0.29, 0.717) is 13.1 Å². The summed E-state index contributed by atoms with van der Waals surface area (Å²) >= 11 is 0. The van der Waals surface area contributed by atoms with E-state index in [2.05, 4.69) is 54.3 Å². The first kappa shape index (κ1) is 20.1. The van der Waals surface area contributed by atoms with Gasteiger partial charge in [-0.3, -0.25) is 4.79 Å². The Morgan fingerprint density at radius 3 is 2.41 bits per heavy atom. The van der Waals surface area contributed by atoms with Crippen LogP contribution in [-0.2, 0) is 24.1 Å². The minimum absolute atomic E-state index is 0.169. The number of carbonyl (C=O) groups excluding carboxylic acids is 1. The van der Waals surface area contributed by atoms with Gasteiger partial charge in [0.15, 0.2) is 0 Å². The Labute approximate surface area is 174 Å². The molecule has 1 unspecified atom stereocenters. The van der Waals surface area contributed by atoms with E-state index < -0.39 is 6.61 Å². The van der Waals surface area contributed by atoms with E-state index in [1.807, 2.05) is 0 Å². The van der Waals surface area contributed by atoms with Gasteiger partial charge in [-0.15, -0.1) is 0 Å². The predicted molar refractivity (Wildman–Crippen MR) is 117 cm³/mol. The third-order valence-electron chi connectivity index (χ3n) is 6.66. The molecule has 0 spiro atoms. The zero-order chi connectivity index (χ0) is 20.2. The van der Waals surface area contributed by atoms with Crippen molar-refractivity contribution in [2.75, 3.05) is 32.8 Å². The Morgan fingerprint density at radius 1 is 1.00 bits per heavy atom. The van der Waals surface area contributed by atoms with Crippen molar-refractivity contribution < 1.29 is 9.90 Å². The number of carbonyl (C=O) groups is 1. The highest BCUT2D eigenvalue weighted by atomic mass is 16.3. The molecule has 4 nitrogen and oxygen atoms in total. The number of hydrogen-bond donors (Lipinski definition) is 1. The second kappa shape index (κ2) is 9.10. The van der Waals surface area contributed by atoms with Crippen LogP contribution in [0.2, 0.25) is 0 Å². The molecule has 1 N–H and O–H groups in total. The number of amides is 1. The molecule has 2 aliphatic rings. The van der Waals surface area contributed by atoms with E-state index >= 15 is 0 Å². The van der Waals surface area contributed by atoms with Gasteiger partial charge < -0.3 is 14.9 Å². The fourth-order valence-corrected chi connectivity index (χ4v) is 4.72. The summed E-state index contributed by atoms with van der Waals surface area (Å²) in [5.41, 5.74) is 6.53. The SMILES string of the molecule is CC1CCCN1CCc1ccc(-c2ccc3c(c2)CCN(C(=O)CO)CC3)cc1. The predicted octanol–water partition coefficient (Wildman–Crippen LogP) is 3.30. The third-order valence-corrected chi connectivity index (χ3v) is 6.66. The molecule has 0 bridgehead atoms. The van der Waals surface area contributed by atoms with Gasteiger partial charge in [-0.05, 0) is 73.4 Å². The van der Waals surface area contributed by atoms with Gasteiger partial charge in [0.05, 0.1) is 0 Å². The van der Waals surface area contributed by atoms with Crippen LogP contribution in [-0.4, -0.2) is 59.6 Å². The topological polar surface area (TPSA) is 43.8 Å². The first-order valence-corrected chi connectivity index (χ1v) is 11.0. The molecule has 4 heteroatoms. The Balaban J connectivity index is 1.41. The van der Waals surface area contributed by atoms with Crippen molar-refractivity contribution in [1.29, 1.82) is 0 Å². The Hall–Kier alpha value is -2.17. The van der Waals surface area contributed by atoms with Crippen LogP contribution in [0.15, 0.2) is 42.5 Å². The quantitative estimate of drug-likeness (QED) is 0.849. The number of likely N-dealkylation sites (tertiary alicyclic amines) is 1. The number of hydrogen-bond acceptors (Lipinski definition) is 3. The van der Waals surface area contributed by atoms with Gasteiger partial charge in [0, 0.05) is 25.7 Å². The molecule has 0 saturated carbocycles. The van der Waals surface area contributed by atoms with Crippen LogP contribution in [0, 0.1) is 0 Å². The molecule has 2 aromatic carbocycles. The molecule has 2 aromatic rings. The highest BCUT2D eigenvalue weighted by molar-refractivity contribution is 5.77. The molecule has 1 atom stereocenters. The highest BCUT2D eigenvalue weighted by Crippen LogP contribution is 2.26. The van der Waals surface area contributed by atoms with Gasteiger partial charge in [0.2, 0.25) is 5.91 Å². The monoisotopic (exact) mass is 392 g/mol. The zero-order valence-electron chi connectivity index (χ0n) is 17.4. The molecule has 2 aliphatic heterocycles. The summed E-state index contributed by atoms with van der Waals surface area (Å²) in [6.45, 7) is 5.72. The molecule has 154 valence electrons. The number of benzene rings is 2. The minimum Gasteiger partial charge on any atom is -0.387 e. The van der Waals surface area contributed by atoms with Crippen molar-refractivity contribution in [2.24, 2.45) is 0 Å². The van der Waals surface area contributed by atoms with Crippen LogP contribution < -0.4 is 0 Å². The van der Waals surface area contributed by atoms with E-state index in [4.69, 9.17) is 5.11 Å². The fourth-order valence-electron chi connectivity index (χ4n) is 4.72.